The summed E-state index contributed by atoms with van der Waals surface area (Å²) in [5.41, 5.74) is -0.270. The summed E-state index contributed by atoms with van der Waals surface area (Å²) in [4.78, 5) is 29.0. The zero-order valence-corrected chi connectivity index (χ0v) is 12.6. The topological polar surface area (TPSA) is 67.3 Å². The predicted molar refractivity (Wildman–Crippen MR) is 77.7 cm³/mol. The number of rotatable bonds is 4. The Morgan fingerprint density at radius 2 is 1.90 bits per heavy atom. The molecule has 0 aromatic carbocycles. The molecule has 1 aromatic rings. The highest BCUT2D eigenvalue weighted by Gasteiger charge is 2.17. The fourth-order valence-corrected chi connectivity index (χ4v) is 2.71. The summed E-state index contributed by atoms with van der Waals surface area (Å²) < 4.78 is 6.50. The molecule has 1 aromatic heterocycles. The first-order valence-electron chi connectivity index (χ1n) is 6.83. The van der Waals surface area contributed by atoms with E-state index < -0.39 is 5.69 Å². The fraction of sp³-hybridized carbons (Fsp3) is 0.692. The lowest BCUT2D eigenvalue weighted by molar-refractivity contribution is 0.0361. The van der Waals surface area contributed by atoms with Gasteiger partial charge in [-0.3, -0.25) is 19.2 Å². The van der Waals surface area contributed by atoms with E-state index in [2.05, 4.69) is 9.88 Å². The molecule has 0 bridgehead atoms. The van der Waals surface area contributed by atoms with Gasteiger partial charge in [-0.25, -0.2) is 4.79 Å². The van der Waals surface area contributed by atoms with Gasteiger partial charge in [0.05, 0.1) is 18.8 Å². The molecule has 0 amide bonds. The van der Waals surface area contributed by atoms with Crippen LogP contribution in [0, 0.1) is 0 Å². The van der Waals surface area contributed by atoms with Crippen LogP contribution >= 0.6 is 11.6 Å². The number of ether oxygens (including phenoxy) is 1. The van der Waals surface area contributed by atoms with Crippen molar-refractivity contribution >= 4 is 11.6 Å². The normalized spacial score (nSPS) is 16.8. The quantitative estimate of drug-likeness (QED) is 0.829. The van der Waals surface area contributed by atoms with Crippen LogP contribution in [0.2, 0.25) is 5.15 Å². The van der Waals surface area contributed by atoms with E-state index in [4.69, 9.17) is 16.3 Å². The van der Waals surface area contributed by atoms with E-state index in [1.54, 1.807) is 0 Å². The highest BCUT2D eigenvalue weighted by molar-refractivity contribution is 6.30. The molecule has 6 nitrogen and oxygen atoms in total. The van der Waals surface area contributed by atoms with Gasteiger partial charge in [0.25, 0.3) is 5.56 Å². The summed E-state index contributed by atoms with van der Waals surface area (Å²) in [6.45, 7) is 7.85. The van der Waals surface area contributed by atoms with Crippen LogP contribution in [0.25, 0.3) is 0 Å². The van der Waals surface area contributed by atoms with E-state index in [0.29, 0.717) is 31.9 Å². The van der Waals surface area contributed by atoms with Crippen molar-refractivity contribution in [3.05, 3.63) is 31.6 Å². The number of nitrogens with one attached hydrogen (secondary N) is 1. The van der Waals surface area contributed by atoms with E-state index in [0.717, 1.165) is 13.1 Å². The summed E-state index contributed by atoms with van der Waals surface area (Å²) in [7, 11) is 0. The van der Waals surface area contributed by atoms with E-state index in [1.807, 2.05) is 13.8 Å². The molecule has 7 heteroatoms. The lowest BCUT2D eigenvalue weighted by atomic mass is 10.1. The van der Waals surface area contributed by atoms with Gasteiger partial charge in [-0.05, 0) is 5.92 Å². The SMILES string of the molecule is CC(C)c1c(Cl)[nH]c(=O)n(CCN2CCOCC2)c1=O. The standard InChI is InChI=1S/C13H20ClN3O3/c1-9(2)10-11(14)15-13(19)17(12(10)18)4-3-16-5-7-20-8-6-16/h9H,3-8H2,1-2H3,(H,15,19). The molecule has 1 fully saturated rings. The molecule has 0 saturated carbocycles. The average Bonchev–Trinajstić information content (AvgIpc) is 2.38. The van der Waals surface area contributed by atoms with Gasteiger partial charge in [0.15, 0.2) is 0 Å². The number of morpholine rings is 1. The number of aromatic nitrogens is 2. The lowest BCUT2D eigenvalue weighted by Crippen LogP contribution is -2.43. The summed E-state index contributed by atoms with van der Waals surface area (Å²) in [5.74, 6) is -0.0264. The average molecular weight is 302 g/mol. The third kappa shape index (κ3) is 3.31. The number of halogens is 1. The molecule has 1 aliphatic rings. The first-order valence-corrected chi connectivity index (χ1v) is 7.21. The largest absolute Gasteiger partial charge is 0.379 e. The summed E-state index contributed by atoms with van der Waals surface area (Å²) >= 11 is 5.95. The van der Waals surface area contributed by atoms with Crippen molar-refractivity contribution in [2.45, 2.75) is 26.3 Å². The molecule has 1 saturated heterocycles. The Morgan fingerprint density at radius 3 is 2.50 bits per heavy atom. The van der Waals surface area contributed by atoms with Gasteiger partial charge < -0.3 is 4.74 Å². The monoisotopic (exact) mass is 301 g/mol. The van der Waals surface area contributed by atoms with Crippen molar-refractivity contribution < 1.29 is 4.74 Å². The van der Waals surface area contributed by atoms with Crippen LogP contribution < -0.4 is 11.2 Å². The molecule has 0 spiro atoms. The molecule has 0 unspecified atom stereocenters. The molecule has 0 aliphatic carbocycles. The predicted octanol–water partition coefficient (Wildman–Crippen LogP) is 0.646. The van der Waals surface area contributed by atoms with Crippen molar-refractivity contribution in [1.29, 1.82) is 0 Å². The van der Waals surface area contributed by atoms with E-state index in [9.17, 15) is 9.59 Å². The second-order valence-electron chi connectivity index (χ2n) is 5.22. The van der Waals surface area contributed by atoms with Crippen LogP contribution in [0.1, 0.15) is 25.3 Å². The number of hydrogen-bond acceptors (Lipinski definition) is 4. The third-order valence-electron chi connectivity index (χ3n) is 3.49. The molecule has 0 atom stereocenters. The van der Waals surface area contributed by atoms with Crippen LogP contribution in [0.4, 0.5) is 0 Å². The minimum absolute atomic E-state index is 0.0264. The Hall–Kier alpha value is -1.11. The van der Waals surface area contributed by atoms with Gasteiger partial charge in [-0.2, -0.15) is 0 Å². The number of hydrogen-bond donors (Lipinski definition) is 1. The van der Waals surface area contributed by atoms with Crippen LogP contribution in [0.5, 0.6) is 0 Å². The van der Waals surface area contributed by atoms with Crippen LogP contribution in [-0.4, -0.2) is 47.3 Å². The third-order valence-corrected chi connectivity index (χ3v) is 3.79. The highest BCUT2D eigenvalue weighted by atomic mass is 35.5. The second kappa shape index (κ2) is 6.56. The number of aromatic amines is 1. The Morgan fingerprint density at radius 1 is 1.25 bits per heavy atom. The summed E-state index contributed by atoms with van der Waals surface area (Å²) in [6, 6.07) is 0. The maximum Gasteiger partial charge on any atom is 0.329 e. The zero-order chi connectivity index (χ0) is 14.7. The van der Waals surface area contributed by atoms with E-state index in [-0.39, 0.29) is 16.6 Å². The Balaban J connectivity index is 2.21. The van der Waals surface area contributed by atoms with Crippen molar-refractivity contribution in [2.75, 3.05) is 32.8 Å². The second-order valence-corrected chi connectivity index (χ2v) is 5.60. The zero-order valence-electron chi connectivity index (χ0n) is 11.8. The molecular formula is C13H20ClN3O3. The number of H-pyrrole nitrogens is 1. The van der Waals surface area contributed by atoms with Crippen LogP contribution in [-0.2, 0) is 11.3 Å². The first-order chi connectivity index (χ1) is 9.50. The van der Waals surface area contributed by atoms with Crippen molar-refractivity contribution in [3.63, 3.8) is 0 Å². The van der Waals surface area contributed by atoms with Gasteiger partial charge in [0.2, 0.25) is 0 Å². The summed E-state index contributed by atoms with van der Waals surface area (Å²) in [5, 5.41) is 0.151. The maximum absolute atomic E-state index is 12.3. The molecule has 20 heavy (non-hydrogen) atoms. The van der Waals surface area contributed by atoms with Gasteiger partial charge in [-0.15, -0.1) is 0 Å². The van der Waals surface area contributed by atoms with Crippen LogP contribution in [0.3, 0.4) is 0 Å². The lowest BCUT2D eigenvalue weighted by Gasteiger charge is -2.26. The molecule has 1 N–H and O–H groups in total. The minimum atomic E-state index is -0.447. The summed E-state index contributed by atoms with van der Waals surface area (Å²) in [6.07, 6.45) is 0. The molecule has 2 rings (SSSR count). The van der Waals surface area contributed by atoms with E-state index in [1.165, 1.54) is 4.57 Å². The molecule has 0 radical (unpaired) electrons. The van der Waals surface area contributed by atoms with Crippen molar-refractivity contribution in [3.8, 4) is 0 Å². The van der Waals surface area contributed by atoms with E-state index >= 15 is 0 Å². The Kier molecular flexibility index (Phi) is 5.01. The van der Waals surface area contributed by atoms with Crippen molar-refractivity contribution in [1.82, 2.24) is 14.5 Å². The van der Waals surface area contributed by atoms with Crippen molar-refractivity contribution in [2.24, 2.45) is 0 Å². The fourth-order valence-electron chi connectivity index (χ4n) is 2.33. The Bertz CT molecular complexity index is 573. The minimum Gasteiger partial charge on any atom is -0.379 e. The highest BCUT2D eigenvalue weighted by Crippen LogP contribution is 2.16. The molecule has 112 valence electrons. The molecule has 1 aliphatic heterocycles. The first kappa shape index (κ1) is 15.3. The van der Waals surface area contributed by atoms with Gasteiger partial charge in [-0.1, -0.05) is 25.4 Å². The Labute approximate surface area is 122 Å². The van der Waals surface area contributed by atoms with Gasteiger partial charge in [0.1, 0.15) is 5.15 Å². The van der Waals surface area contributed by atoms with Gasteiger partial charge in [0, 0.05) is 26.2 Å². The molecule has 2 heterocycles. The number of nitrogens with zero attached hydrogens (tertiary/aromatic N) is 2. The van der Waals surface area contributed by atoms with Crippen LogP contribution in [0.15, 0.2) is 9.59 Å². The van der Waals surface area contributed by atoms with Gasteiger partial charge >= 0.3 is 5.69 Å². The smallest absolute Gasteiger partial charge is 0.329 e. The molecular weight excluding hydrogens is 282 g/mol. The maximum atomic E-state index is 12.3.